The molecule has 0 bridgehead atoms. The molecule has 11 unspecified atom stereocenters. The van der Waals surface area contributed by atoms with E-state index in [9.17, 15) is 40.5 Å². The summed E-state index contributed by atoms with van der Waals surface area (Å²) < 4.78 is 34.3. The molecule has 2 fully saturated rings. The maximum absolute atomic E-state index is 13.0. The van der Waals surface area contributed by atoms with Crippen molar-refractivity contribution in [2.24, 2.45) is 0 Å². The number of carbonyl (C=O) groups is 1. The van der Waals surface area contributed by atoms with Gasteiger partial charge in [-0.25, -0.2) is 0 Å². The van der Waals surface area contributed by atoms with Crippen LogP contribution in [0, 0.1) is 0 Å². The predicted molar refractivity (Wildman–Crippen MR) is 261 cm³/mol. The Balaban J connectivity index is 1.75. The van der Waals surface area contributed by atoms with Gasteiger partial charge in [0.15, 0.2) is 12.6 Å². The molecule has 2 aliphatic rings. The number of carbonyl (C=O) groups excluding carboxylic acids is 1. The van der Waals surface area contributed by atoms with Crippen molar-refractivity contribution in [2.75, 3.05) is 33.0 Å². The first kappa shape index (κ1) is 61.6. The normalized spacial score (nSPS) is 26.2. The van der Waals surface area contributed by atoms with Gasteiger partial charge in [0.05, 0.1) is 26.4 Å². The molecule has 0 aromatic heterocycles. The van der Waals surface area contributed by atoms with Gasteiger partial charge >= 0.3 is 5.97 Å². The standard InChI is InChI=1S/C53H98O14/c1-3-5-7-9-11-13-15-17-19-20-21-23-25-27-29-31-33-35-37-62-39-42(65-45(55)36-34-32-30-28-26-24-22-18-16-14-12-10-8-6-4-2)40-63-52-51(61)49(59)47(57)44(67-52)41-64-53-50(60)48(58)46(56)43(38-54)66-53/h17-19,22,42-44,46-54,56-61H,3-16,20-21,23-41H2,1-2H3/b19-17-,22-18-. The highest BCUT2D eigenvalue weighted by atomic mass is 16.7. The fourth-order valence-electron chi connectivity index (χ4n) is 8.51. The molecule has 0 saturated carbocycles. The molecule has 7 N–H and O–H groups in total. The number of hydrogen-bond acceptors (Lipinski definition) is 14. The van der Waals surface area contributed by atoms with Crippen molar-refractivity contribution in [3.8, 4) is 0 Å². The fourth-order valence-corrected chi connectivity index (χ4v) is 8.51. The second-order valence-corrected chi connectivity index (χ2v) is 19.0. The summed E-state index contributed by atoms with van der Waals surface area (Å²) in [5, 5.41) is 72.2. The third kappa shape index (κ3) is 28.8. The van der Waals surface area contributed by atoms with Gasteiger partial charge < -0.3 is 64.2 Å². The summed E-state index contributed by atoms with van der Waals surface area (Å²) in [5.41, 5.74) is 0. The molecule has 0 aromatic rings. The van der Waals surface area contributed by atoms with Crippen molar-refractivity contribution in [3.63, 3.8) is 0 Å². The van der Waals surface area contributed by atoms with Gasteiger partial charge in [-0.1, -0.05) is 160 Å². The lowest BCUT2D eigenvalue weighted by atomic mass is 9.98. The molecule has 0 spiro atoms. The Morgan fingerprint density at radius 2 is 0.881 bits per heavy atom. The van der Waals surface area contributed by atoms with Crippen LogP contribution in [-0.2, 0) is 33.2 Å². The molecule has 0 radical (unpaired) electrons. The number of esters is 1. The topological polar surface area (TPSA) is 214 Å². The Labute approximate surface area is 405 Å². The first-order valence-electron chi connectivity index (χ1n) is 26.9. The van der Waals surface area contributed by atoms with Crippen LogP contribution in [0.1, 0.15) is 206 Å². The highest BCUT2D eigenvalue weighted by molar-refractivity contribution is 5.69. The Morgan fingerprint density at radius 3 is 1.36 bits per heavy atom. The molecule has 394 valence electrons. The van der Waals surface area contributed by atoms with E-state index < -0.39 is 80.7 Å². The molecular formula is C53H98O14. The zero-order chi connectivity index (χ0) is 48.7. The van der Waals surface area contributed by atoms with Crippen LogP contribution < -0.4 is 0 Å². The minimum atomic E-state index is -1.71. The van der Waals surface area contributed by atoms with Gasteiger partial charge in [0, 0.05) is 13.0 Å². The number of unbranched alkanes of at least 4 members (excludes halogenated alkanes) is 25. The minimum Gasteiger partial charge on any atom is -0.457 e. The highest BCUT2D eigenvalue weighted by Gasteiger charge is 2.47. The molecule has 11 atom stereocenters. The Hall–Kier alpha value is -1.53. The van der Waals surface area contributed by atoms with Crippen LogP contribution in [0.2, 0.25) is 0 Å². The van der Waals surface area contributed by atoms with E-state index in [1.54, 1.807) is 0 Å². The van der Waals surface area contributed by atoms with E-state index in [4.69, 9.17) is 28.4 Å². The van der Waals surface area contributed by atoms with Gasteiger partial charge in [-0.2, -0.15) is 0 Å². The van der Waals surface area contributed by atoms with Gasteiger partial charge in [-0.05, 0) is 64.2 Å². The summed E-state index contributed by atoms with van der Waals surface area (Å²) in [6.45, 7) is 3.68. The fraction of sp³-hybridized carbons (Fsp3) is 0.906. The van der Waals surface area contributed by atoms with Crippen molar-refractivity contribution in [1.29, 1.82) is 0 Å². The molecule has 14 heteroatoms. The summed E-state index contributed by atoms with van der Waals surface area (Å²) >= 11 is 0. The van der Waals surface area contributed by atoms with Gasteiger partial charge in [0.25, 0.3) is 0 Å². The van der Waals surface area contributed by atoms with Gasteiger partial charge in [0.1, 0.15) is 54.9 Å². The number of hydrogen-bond donors (Lipinski definition) is 7. The van der Waals surface area contributed by atoms with Crippen LogP contribution >= 0.6 is 0 Å². The Kier molecular flexibility index (Phi) is 37.8. The molecule has 2 heterocycles. The van der Waals surface area contributed by atoms with Gasteiger partial charge in [-0.3, -0.25) is 4.79 Å². The van der Waals surface area contributed by atoms with E-state index in [0.717, 1.165) is 57.8 Å². The van der Waals surface area contributed by atoms with Crippen LogP contribution in [-0.4, -0.2) is 142 Å². The number of aliphatic hydroxyl groups is 7. The summed E-state index contributed by atoms with van der Waals surface area (Å²) in [4.78, 5) is 13.0. The smallest absolute Gasteiger partial charge is 0.306 e. The van der Waals surface area contributed by atoms with E-state index in [1.807, 2.05) is 0 Å². The monoisotopic (exact) mass is 959 g/mol. The molecule has 2 rings (SSSR count). The quantitative estimate of drug-likeness (QED) is 0.0174. The van der Waals surface area contributed by atoms with Crippen molar-refractivity contribution < 1.29 is 69.0 Å². The first-order chi connectivity index (χ1) is 32.6. The van der Waals surface area contributed by atoms with Gasteiger partial charge in [-0.15, -0.1) is 0 Å². The number of rotatable bonds is 43. The van der Waals surface area contributed by atoms with Crippen LogP contribution in [0.5, 0.6) is 0 Å². The minimum absolute atomic E-state index is 0.0587. The third-order valence-electron chi connectivity index (χ3n) is 12.9. The van der Waals surface area contributed by atoms with Crippen LogP contribution in [0.3, 0.4) is 0 Å². The van der Waals surface area contributed by atoms with Crippen LogP contribution in [0.25, 0.3) is 0 Å². The summed E-state index contributed by atoms with van der Waals surface area (Å²) in [6, 6.07) is 0. The molecule has 2 aliphatic heterocycles. The molecule has 2 saturated heterocycles. The second-order valence-electron chi connectivity index (χ2n) is 19.0. The largest absolute Gasteiger partial charge is 0.457 e. The van der Waals surface area contributed by atoms with E-state index in [1.165, 1.54) is 122 Å². The molecule has 0 amide bonds. The SMILES string of the molecule is CCCCCCCC/C=C\CCCCCCCCCCOCC(COC1OC(COC2OC(CO)C(O)C(O)C2O)C(O)C(O)C1O)OC(=O)CCCCCCC/C=C\CCCCCCCC. The van der Waals surface area contributed by atoms with Crippen molar-refractivity contribution in [2.45, 2.75) is 274 Å². The average molecular weight is 959 g/mol. The lowest BCUT2D eigenvalue weighted by Gasteiger charge is -2.42. The first-order valence-corrected chi connectivity index (χ1v) is 26.9. The molecule has 14 nitrogen and oxygen atoms in total. The molecule has 0 aliphatic carbocycles. The lowest BCUT2D eigenvalue weighted by molar-refractivity contribution is -0.332. The Bertz CT molecular complexity index is 1200. The van der Waals surface area contributed by atoms with Crippen LogP contribution in [0.4, 0.5) is 0 Å². The van der Waals surface area contributed by atoms with E-state index in [0.29, 0.717) is 13.0 Å². The average Bonchev–Trinajstić information content (AvgIpc) is 3.32. The maximum atomic E-state index is 13.0. The number of allylic oxidation sites excluding steroid dienone is 4. The van der Waals surface area contributed by atoms with Crippen molar-refractivity contribution in [1.82, 2.24) is 0 Å². The molecule has 67 heavy (non-hydrogen) atoms. The van der Waals surface area contributed by atoms with E-state index >= 15 is 0 Å². The second kappa shape index (κ2) is 41.1. The third-order valence-corrected chi connectivity index (χ3v) is 12.9. The van der Waals surface area contributed by atoms with Gasteiger partial charge in [0.2, 0.25) is 0 Å². The predicted octanol–water partition coefficient (Wildman–Crippen LogP) is 8.41. The maximum Gasteiger partial charge on any atom is 0.306 e. The zero-order valence-electron chi connectivity index (χ0n) is 41.9. The van der Waals surface area contributed by atoms with Crippen LogP contribution in [0.15, 0.2) is 24.3 Å². The van der Waals surface area contributed by atoms with E-state index in [2.05, 4.69) is 38.2 Å². The van der Waals surface area contributed by atoms with Crippen molar-refractivity contribution in [3.05, 3.63) is 24.3 Å². The summed E-state index contributed by atoms with van der Waals surface area (Å²) in [6.07, 6.45) is 28.1. The van der Waals surface area contributed by atoms with Crippen molar-refractivity contribution >= 4 is 5.97 Å². The summed E-state index contributed by atoms with van der Waals surface area (Å²) in [5.74, 6) is -0.384. The van der Waals surface area contributed by atoms with E-state index in [-0.39, 0.29) is 25.6 Å². The number of aliphatic hydroxyl groups excluding tert-OH is 7. The lowest BCUT2D eigenvalue weighted by Crippen LogP contribution is -2.61. The number of ether oxygens (including phenoxy) is 6. The zero-order valence-corrected chi connectivity index (χ0v) is 41.9. The highest BCUT2D eigenvalue weighted by Crippen LogP contribution is 2.26. The summed E-state index contributed by atoms with van der Waals surface area (Å²) in [7, 11) is 0. The molecule has 0 aromatic carbocycles. The Morgan fingerprint density at radius 1 is 0.478 bits per heavy atom. The molecular weight excluding hydrogens is 861 g/mol.